The lowest BCUT2D eigenvalue weighted by Gasteiger charge is -2.05. The van der Waals surface area contributed by atoms with Crippen LogP contribution in [-0.4, -0.2) is 9.78 Å². The highest BCUT2D eigenvalue weighted by molar-refractivity contribution is 6.31. The molecule has 0 atom stereocenters. The van der Waals surface area contributed by atoms with Crippen molar-refractivity contribution in [2.45, 2.75) is 32.2 Å². The Kier molecular flexibility index (Phi) is 3.72. The Morgan fingerprint density at radius 1 is 1.43 bits per heavy atom. The van der Waals surface area contributed by atoms with Crippen LogP contribution in [0.4, 0.5) is 8.78 Å². The first-order valence-electron chi connectivity index (χ1n) is 4.10. The molecule has 0 N–H and O–H groups in total. The third-order valence-corrected chi connectivity index (χ3v) is 2.47. The van der Waals surface area contributed by atoms with Crippen LogP contribution in [0.2, 0.25) is 5.15 Å². The molecule has 0 fully saturated rings. The van der Waals surface area contributed by atoms with E-state index in [0.29, 0.717) is 0 Å². The summed E-state index contributed by atoms with van der Waals surface area (Å²) in [5.41, 5.74) is -0.101. The van der Waals surface area contributed by atoms with Crippen molar-refractivity contribution in [2.75, 3.05) is 0 Å². The zero-order valence-electron chi connectivity index (χ0n) is 7.77. The number of hydrogen-bond acceptors (Lipinski definition) is 1. The smallest absolute Gasteiger partial charge is 0.251 e. The van der Waals surface area contributed by atoms with Gasteiger partial charge in [-0.2, -0.15) is 5.10 Å². The molecule has 0 unspecified atom stereocenters. The van der Waals surface area contributed by atoms with Crippen LogP contribution in [0.25, 0.3) is 0 Å². The van der Waals surface area contributed by atoms with Gasteiger partial charge >= 0.3 is 0 Å². The molecule has 0 aliphatic heterocycles. The first-order valence-corrected chi connectivity index (χ1v) is 5.01. The van der Waals surface area contributed by atoms with Crippen molar-refractivity contribution in [1.82, 2.24) is 9.78 Å². The first kappa shape index (κ1) is 11.7. The maximum atomic E-state index is 12.5. The van der Waals surface area contributed by atoms with E-state index in [2.05, 4.69) is 5.10 Å². The van der Waals surface area contributed by atoms with Crippen molar-refractivity contribution in [3.63, 3.8) is 0 Å². The highest BCUT2D eigenvalue weighted by Crippen LogP contribution is 2.30. The van der Waals surface area contributed by atoms with Crippen LogP contribution in [0.3, 0.4) is 0 Å². The van der Waals surface area contributed by atoms with Gasteiger partial charge in [-0.3, -0.25) is 4.68 Å². The van der Waals surface area contributed by atoms with Crippen molar-refractivity contribution in [3.8, 4) is 0 Å². The number of alkyl halides is 3. The van der Waals surface area contributed by atoms with Gasteiger partial charge < -0.3 is 0 Å². The summed E-state index contributed by atoms with van der Waals surface area (Å²) in [7, 11) is 0. The average molecular weight is 243 g/mol. The highest BCUT2D eigenvalue weighted by atomic mass is 35.5. The summed E-state index contributed by atoms with van der Waals surface area (Å²) in [6.07, 6.45) is -2.64. The van der Waals surface area contributed by atoms with Crippen LogP contribution in [0.15, 0.2) is 0 Å². The van der Waals surface area contributed by atoms with Crippen LogP contribution in [-0.2, 0) is 5.88 Å². The molecular formula is C8H10Cl2F2N2. The molecule has 1 aromatic rings. The highest BCUT2D eigenvalue weighted by Gasteiger charge is 2.23. The Hall–Kier alpha value is -0.350. The van der Waals surface area contributed by atoms with Gasteiger partial charge in [0, 0.05) is 11.6 Å². The van der Waals surface area contributed by atoms with Crippen molar-refractivity contribution in [2.24, 2.45) is 0 Å². The fraction of sp³-hybridized carbons (Fsp3) is 0.625. The molecule has 0 radical (unpaired) electrons. The molecule has 0 amide bonds. The molecule has 0 aromatic carbocycles. The maximum Gasteiger partial charge on any atom is 0.282 e. The van der Waals surface area contributed by atoms with Crippen LogP contribution in [0.1, 0.15) is 37.6 Å². The van der Waals surface area contributed by atoms with Crippen LogP contribution >= 0.6 is 23.2 Å². The van der Waals surface area contributed by atoms with Gasteiger partial charge in [0.05, 0.1) is 5.88 Å². The van der Waals surface area contributed by atoms with Crippen molar-refractivity contribution < 1.29 is 8.78 Å². The number of aromatic nitrogens is 2. The summed E-state index contributed by atoms with van der Waals surface area (Å²) in [4.78, 5) is 0. The standard InChI is InChI=1S/C8H10Cl2F2N2/c1-4(2)14-7(10)5(3-9)6(13-14)8(11)12/h4,8H,3H2,1-2H3. The van der Waals surface area contributed by atoms with Crippen LogP contribution < -0.4 is 0 Å². The summed E-state index contributed by atoms with van der Waals surface area (Å²) in [5, 5.41) is 3.93. The summed E-state index contributed by atoms with van der Waals surface area (Å²) in [6.45, 7) is 3.62. The first-order chi connectivity index (χ1) is 6.49. The SMILES string of the molecule is CC(C)n1nc(C(F)F)c(CCl)c1Cl. The molecule has 0 aliphatic carbocycles. The van der Waals surface area contributed by atoms with Gasteiger partial charge in [-0.1, -0.05) is 11.6 Å². The Morgan fingerprint density at radius 3 is 2.29 bits per heavy atom. The molecule has 14 heavy (non-hydrogen) atoms. The minimum atomic E-state index is -2.64. The quantitative estimate of drug-likeness (QED) is 0.738. The Bertz CT molecular complexity index is 323. The van der Waals surface area contributed by atoms with E-state index in [0.717, 1.165) is 0 Å². The van der Waals surface area contributed by atoms with E-state index >= 15 is 0 Å². The molecule has 1 rings (SSSR count). The molecule has 0 saturated heterocycles. The fourth-order valence-electron chi connectivity index (χ4n) is 1.11. The zero-order valence-corrected chi connectivity index (χ0v) is 9.28. The molecule has 80 valence electrons. The molecule has 2 nitrogen and oxygen atoms in total. The summed E-state index contributed by atoms with van der Waals surface area (Å²) in [6, 6.07) is -0.0584. The lowest BCUT2D eigenvalue weighted by molar-refractivity contribution is 0.144. The predicted octanol–water partition coefficient (Wildman–Crippen LogP) is 3.79. The van der Waals surface area contributed by atoms with Crippen molar-refractivity contribution >= 4 is 23.2 Å². The van der Waals surface area contributed by atoms with Gasteiger partial charge in [0.1, 0.15) is 10.8 Å². The van der Waals surface area contributed by atoms with Crippen LogP contribution in [0, 0.1) is 0 Å². The van der Waals surface area contributed by atoms with E-state index in [1.165, 1.54) is 4.68 Å². The molecule has 0 aliphatic rings. The fourth-order valence-corrected chi connectivity index (χ4v) is 1.83. The van der Waals surface area contributed by atoms with Gasteiger partial charge in [-0.05, 0) is 13.8 Å². The number of halogens is 4. The van der Waals surface area contributed by atoms with Gasteiger partial charge in [0.15, 0.2) is 0 Å². The van der Waals surface area contributed by atoms with Crippen molar-refractivity contribution in [1.29, 1.82) is 0 Å². The minimum absolute atomic E-state index is 0.0504. The monoisotopic (exact) mass is 242 g/mol. The van der Waals surface area contributed by atoms with Gasteiger partial charge in [-0.25, -0.2) is 8.78 Å². The Balaban J connectivity index is 3.24. The molecule has 1 aromatic heterocycles. The van der Waals surface area contributed by atoms with E-state index in [9.17, 15) is 8.78 Å². The molecule has 0 saturated carbocycles. The number of nitrogens with zero attached hydrogens (tertiary/aromatic N) is 2. The second-order valence-corrected chi connectivity index (χ2v) is 3.75. The zero-order chi connectivity index (χ0) is 10.9. The summed E-state index contributed by atoms with van der Waals surface area (Å²) in [5.74, 6) is -0.0504. The average Bonchev–Trinajstić information content (AvgIpc) is 2.42. The Labute approximate surface area is 90.8 Å². The van der Waals surface area contributed by atoms with E-state index < -0.39 is 6.43 Å². The van der Waals surface area contributed by atoms with Crippen LogP contribution in [0.5, 0.6) is 0 Å². The van der Waals surface area contributed by atoms with Gasteiger partial charge in [0.25, 0.3) is 6.43 Å². The molecule has 0 bridgehead atoms. The molecule has 1 heterocycles. The van der Waals surface area contributed by atoms with Crippen molar-refractivity contribution in [3.05, 3.63) is 16.4 Å². The summed E-state index contributed by atoms with van der Waals surface area (Å²) >= 11 is 11.4. The molecular weight excluding hydrogens is 233 g/mol. The second kappa shape index (κ2) is 4.45. The second-order valence-electron chi connectivity index (χ2n) is 3.13. The van der Waals surface area contributed by atoms with E-state index in [4.69, 9.17) is 23.2 Å². The normalized spacial score (nSPS) is 11.7. The predicted molar refractivity (Wildman–Crippen MR) is 52.1 cm³/mol. The minimum Gasteiger partial charge on any atom is -0.251 e. The third kappa shape index (κ3) is 2.01. The van der Waals surface area contributed by atoms with E-state index in [-0.39, 0.29) is 28.3 Å². The van der Waals surface area contributed by atoms with Gasteiger partial charge in [0.2, 0.25) is 0 Å². The van der Waals surface area contributed by atoms with E-state index in [1.807, 2.05) is 13.8 Å². The topological polar surface area (TPSA) is 17.8 Å². The molecule has 0 spiro atoms. The number of rotatable bonds is 3. The molecule has 6 heteroatoms. The Morgan fingerprint density at radius 2 is 2.00 bits per heavy atom. The lowest BCUT2D eigenvalue weighted by atomic mass is 10.3. The maximum absolute atomic E-state index is 12.5. The lowest BCUT2D eigenvalue weighted by Crippen LogP contribution is -2.03. The number of hydrogen-bond donors (Lipinski definition) is 0. The van der Waals surface area contributed by atoms with E-state index in [1.54, 1.807) is 0 Å². The van der Waals surface area contributed by atoms with Gasteiger partial charge in [-0.15, -0.1) is 11.6 Å². The third-order valence-electron chi connectivity index (χ3n) is 1.80. The largest absolute Gasteiger partial charge is 0.282 e. The summed E-state index contributed by atoms with van der Waals surface area (Å²) < 4.78 is 26.3.